The number of nitrogens with zero attached hydrogens (tertiary/aromatic N) is 1. The Morgan fingerprint density at radius 3 is 2.60 bits per heavy atom. The number of aromatic nitrogens is 1. The monoisotopic (exact) mass is 399 g/mol. The van der Waals surface area contributed by atoms with Gasteiger partial charge in [-0.05, 0) is 49.8 Å². The highest BCUT2D eigenvalue weighted by atomic mass is 127. The Morgan fingerprint density at radius 2 is 1.85 bits per heavy atom. The molecule has 1 aromatic carbocycles. The van der Waals surface area contributed by atoms with E-state index in [1.807, 2.05) is 11.8 Å². The first kappa shape index (κ1) is 16.1. The molecule has 0 atom stereocenters. The third-order valence-electron chi connectivity index (χ3n) is 4.11. The highest BCUT2D eigenvalue weighted by molar-refractivity contribution is 7.99. The number of rotatable bonds is 3. The zero-order valence-corrected chi connectivity index (χ0v) is 15.3. The molecule has 0 unspecified atom stereocenters. The van der Waals surface area contributed by atoms with Crippen LogP contribution in [-0.4, -0.2) is 5.75 Å². The molecular formula is C17H22INS. The number of fused-ring (bicyclic) bond motifs is 3. The number of halogens is 1. The maximum absolute atomic E-state index is 2.47. The van der Waals surface area contributed by atoms with Crippen molar-refractivity contribution in [1.29, 1.82) is 0 Å². The van der Waals surface area contributed by atoms with Gasteiger partial charge in [-0.25, -0.2) is 0 Å². The number of benzene rings is 1. The van der Waals surface area contributed by atoms with E-state index in [-0.39, 0.29) is 24.0 Å². The second-order valence-electron chi connectivity index (χ2n) is 5.19. The first-order valence-electron chi connectivity index (χ1n) is 7.45. The first-order valence-corrected chi connectivity index (χ1v) is 8.43. The van der Waals surface area contributed by atoms with Crippen LogP contribution >= 0.6 is 11.8 Å². The van der Waals surface area contributed by atoms with Crippen LogP contribution in [0.15, 0.2) is 29.3 Å². The summed E-state index contributed by atoms with van der Waals surface area (Å²) in [6.07, 6.45) is 5.24. The van der Waals surface area contributed by atoms with Gasteiger partial charge in [-0.15, -0.1) is 0 Å². The summed E-state index contributed by atoms with van der Waals surface area (Å²) in [6, 6.07) is 9.37. The van der Waals surface area contributed by atoms with Gasteiger partial charge in [0, 0.05) is 23.3 Å². The largest absolute Gasteiger partial charge is 1.00 e. The zero-order valence-electron chi connectivity index (χ0n) is 12.3. The predicted molar refractivity (Wildman–Crippen MR) is 82.9 cm³/mol. The van der Waals surface area contributed by atoms with E-state index in [2.05, 4.69) is 42.7 Å². The molecule has 3 rings (SSSR count). The van der Waals surface area contributed by atoms with E-state index in [0.29, 0.717) is 0 Å². The third-order valence-corrected chi connectivity index (χ3v) is 5.05. The summed E-state index contributed by atoms with van der Waals surface area (Å²) in [5.41, 5.74) is 4.61. The predicted octanol–water partition coefficient (Wildman–Crippen LogP) is 1.14. The Balaban J connectivity index is 0.00000147. The van der Waals surface area contributed by atoms with Crippen molar-refractivity contribution in [2.75, 3.05) is 5.75 Å². The molecule has 1 nitrogen and oxygen atoms in total. The van der Waals surface area contributed by atoms with Crippen molar-refractivity contribution in [3.05, 3.63) is 35.4 Å². The third kappa shape index (κ3) is 2.84. The van der Waals surface area contributed by atoms with Gasteiger partial charge in [0.15, 0.2) is 0 Å². The van der Waals surface area contributed by atoms with Crippen LogP contribution in [0.1, 0.15) is 37.8 Å². The van der Waals surface area contributed by atoms with Crippen LogP contribution in [0.4, 0.5) is 0 Å². The summed E-state index contributed by atoms with van der Waals surface area (Å²) in [7, 11) is 0. The summed E-state index contributed by atoms with van der Waals surface area (Å²) in [5, 5.41) is 2.88. The lowest BCUT2D eigenvalue weighted by Gasteiger charge is -2.17. The van der Waals surface area contributed by atoms with E-state index >= 15 is 0 Å². The Hall–Kier alpha value is -0.290. The van der Waals surface area contributed by atoms with Gasteiger partial charge in [0.05, 0.1) is 0 Å². The Kier molecular flexibility index (Phi) is 5.73. The molecule has 1 aromatic heterocycles. The summed E-state index contributed by atoms with van der Waals surface area (Å²) in [5.74, 6) is 1.14. The quantitative estimate of drug-likeness (QED) is 0.426. The summed E-state index contributed by atoms with van der Waals surface area (Å²) < 4.78 is 2.47. The fourth-order valence-corrected chi connectivity index (χ4v) is 4.07. The molecule has 0 saturated carbocycles. The standard InChI is InChI=1S/C17H22NS.HI/c1-3-18-16-11-9-13-7-5-6-8-14(13)15(16)10-12-17(18)19-4-2;/h9-12H,3-8H2,1-2H3;1H/q+1;/p-1. The van der Waals surface area contributed by atoms with Gasteiger partial charge in [0.2, 0.25) is 10.5 Å². The van der Waals surface area contributed by atoms with Crippen LogP contribution in [0, 0.1) is 0 Å². The van der Waals surface area contributed by atoms with Gasteiger partial charge < -0.3 is 24.0 Å². The molecule has 2 aromatic rings. The van der Waals surface area contributed by atoms with Crippen LogP contribution in [-0.2, 0) is 19.4 Å². The molecule has 1 aliphatic rings. The van der Waals surface area contributed by atoms with Crippen molar-refractivity contribution in [2.45, 2.75) is 51.1 Å². The number of thioether (sulfide) groups is 1. The molecule has 0 spiro atoms. The second-order valence-corrected chi connectivity index (χ2v) is 6.48. The molecule has 0 radical (unpaired) electrons. The lowest BCUT2D eigenvalue weighted by molar-refractivity contribution is -0.704. The average Bonchev–Trinajstić information content (AvgIpc) is 2.47. The number of pyridine rings is 1. The van der Waals surface area contributed by atoms with Crippen molar-refractivity contribution >= 4 is 22.7 Å². The van der Waals surface area contributed by atoms with Gasteiger partial charge >= 0.3 is 0 Å². The fraction of sp³-hybridized carbons (Fsp3) is 0.471. The average molecular weight is 399 g/mol. The van der Waals surface area contributed by atoms with Crippen LogP contribution in [0.3, 0.4) is 0 Å². The number of aryl methyl sites for hydroxylation is 3. The topological polar surface area (TPSA) is 3.88 Å². The molecule has 0 saturated heterocycles. The van der Waals surface area contributed by atoms with E-state index in [1.54, 1.807) is 11.1 Å². The molecule has 0 fully saturated rings. The molecule has 3 heteroatoms. The second kappa shape index (κ2) is 7.12. The normalized spacial score (nSPS) is 13.9. The molecule has 1 heterocycles. The highest BCUT2D eigenvalue weighted by Gasteiger charge is 2.19. The lowest BCUT2D eigenvalue weighted by atomic mass is 9.89. The summed E-state index contributed by atoms with van der Waals surface area (Å²) in [4.78, 5) is 0. The minimum atomic E-state index is 0. The number of hydrogen-bond donors (Lipinski definition) is 0. The van der Waals surface area contributed by atoms with Crippen molar-refractivity contribution < 1.29 is 28.5 Å². The van der Waals surface area contributed by atoms with E-state index in [9.17, 15) is 0 Å². The van der Waals surface area contributed by atoms with Gasteiger partial charge in [-0.3, -0.25) is 0 Å². The van der Waals surface area contributed by atoms with Gasteiger partial charge in [-0.2, -0.15) is 4.57 Å². The molecule has 0 amide bonds. The van der Waals surface area contributed by atoms with Crippen LogP contribution < -0.4 is 28.5 Å². The Bertz CT molecular complexity index is 609. The zero-order chi connectivity index (χ0) is 13.2. The van der Waals surface area contributed by atoms with E-state index in [0.717, 1.165) is 12.3 Å². The SMILES string of the molecule is CCSc1ccc2c3c(ccc2[n+]1CC)CCCC3.[I-]. The van der Waals surface area contributed by atoms with Crippen LogP contribution in [0.5, 0.6) is 0 Å². The Morgan fingerprint density at radius 1 is 1.05 bits per heavy atom. The Labute approximate surface area is 143 Å². The van der Waals surface area contributed by atoms with Crippen molar-refractivity contribution in [3.8, 4) is 0 Å². The maximum atomic E-state index is 2.47. The minimum Gasteiger partial charge on any atom is -1.00 e. The van der Waals surface area contributed by atoms with Crippen LogP contribution in [0.2, 0.25) is 0 Å². The van der Waals surface area contributed by atoms with Gasteiger partial charge in [0.1, 0.15) is 6.54 Å². The van der Waals surface area contributed by atoms with E-state index in [4.69, 9.17) is 0 Å². The summed E-state index contributed by atoms with van der Waals surface area (Å²) in [6.45, 7) is 5.53. The van der Waals surface area contributed by atoms with Crippen LogP contribution in [0.25, 0.3) is 10.9 Å². The minimum absolute atomic E-state index is 0. The summed E-state index contributed by atoms with van der Waals surface area (Å²) >= 11 is 1.94. The molecule has 1 aliphatic carbocycles. The van der Waals surface area contributed by atoms with Gasteiger partial charge in [-0.1, -0.05) is 24.8 Å². The molecular weight excluding hydrogens is 377 g/mol. The van der Waals surface area contributed by atoms with Crippen molar-refractivity contribution in [2.24, 2.45) is 0 Å². The van der Waals surface area contributed by atoms with Crippen molar-refractivity contribution in [3.63, 3.8) is 0 Å². The van der Waals surface area contributed by atoms with E-state index in [1.165, 1.54) is 41.6 Å². The molecule has 0 N–H and O–H groups in total. The molecule has 108 valence electrons. The molecule has 20 heavy (non-hydrogen) atoms. The maximum Gasteiger partial charge on any atom is 0.240 e. The van der Waals surface area contributed by atoms with E-state index < -0.39 is 0 Å². The first-order chi connectivity index (χ1) is 9.35. The molecule has 0 aliphatic heterocycles. The smallest absolute Gasteiger partial charge is 0.240 e. The fourth-order valence-electron chi connectivity index (χ4n) is 3.23. The highest BCUT2D eigenvalue weighted by Crippen LogP contribution is 2.29. The van der Waals surface area contributed by atoms with Gasteiger partial charge in [0.25, 0.3) is 0 Å². The lowest BCUT2D eigenvalue weighted by Crippen LogP contribution is -3.00. The van der Waals surface area contributed by atoms with Crippen molar-refractivity contribution in [1.82, 2.24) is 0 Å². The molecule has 0 bridgehead atoms. The number of hydrogen-bond acceptors (Lipinski definition) is 1.